The molecule has 4 heteroatoms. The van der Waals surface area contributed by atoms with E-state index in [0.29, 0.717) is 11.3 Å². The third-order valence-electron chi connectivity index (χ3n) is 3.21. The Morgan fingerprint density at radius 2 is 1.74 bits per heavy atom. The molecule has 0 aliphatic rings. The van der Waals surface area contributed by atoms with Gasteiger partial charge in [-0.05, 0) is 41.0 Å². The Kier molecular flexibility index (Phi) is 5.69. The number of methoxy groups -OCH3 is 2. The Bertz CT molecular complexity index is 748. The second-order valence-electron chi connectivity index (χ2n) is 4.70. The van der Waals surface area contributed by atoms with Gasteiger partial charge in [-0.25, -0.2) is 9.18 Å². The van der Waals surface area contributed by atoms with Crippen molar-refractivity contribution in [3.8, 4) is 5.75 Å². The van der Waals surface area contributed by atoms with Gasteiger partial charge in [0.05, 0.1) is 14.2 Å². The van der Waals surface area contributed by atoms with Crippen LogP contribution >= 0.6 is 0 Å². The molecule has 0 fully saturated rings. The zero-order chi connectivity index (χ0) is 16.7. The van der Waals surface area contributed by atoms with Crippen LogP contribution in [0.2, 0.25) is 0 Å². The summed E-state index contributed by atoms with van der Waals surface area (Å²) < 4.78 is 23.3. The molecule has 0 aromatic heterocycles. The summed E-state index contributed by atoms with van der Waals surface area (Å²) in [4.78, 5) is 11.2. The lowest BCUT2D eigenvalue weighted by Crippen LogP contribution is -1.94. The van der Waals surface area contributed by atoms with E-state index in [0.717, 1.165) is 11.1 Å². The van der Waals surface area contributed by atoms with Gasteiger partial charge in [0.1, 0.15) is 11.6 Å². The molecule has 0 aliphatic heterocycles. The zero-order valence-electron chi connectivity index (χ0n) is 13.0. The number of hydrogen-bond acceptors (Lipinski definition) is 3. The highest BCUT2D eigenvalue weighted by Gasteiger charge is 2.07. The van der Waals surface area contributed by atoms with Crippen LogP contribution in [0.4, 0.5) is 4.39 Å². The van der Waals surface area contributed by atoms with Gasteiger partial charge in [0.25, 0.3) is 0 Å². The predicted molar refractivity (Wildman–Crippen MR) is 87.6 cm³/mol. The summed E-state index contributed by atoms with van der Waals surface area (Å²) in [6.45, 7) is 0. The second-order valence-corrected chi connectivity index (χ2v) is 4.70. The van der Waals surface area contributed by atoms with E-state index in [2.05, 4.69) is 4.74 Å². The van der Waals surface area contributed by atoms with Gasteiger partial charge in [-0.3, -0.25) is 0 Å². The molecule has 2 aromatic carbocycles. The number of benzene rings is 2. The summed E-state index contributed by atoms with van der Waals surface area (Å²) in [5, 5.41) is 0. The third kappa shape index (κ3) is 4.54. The van der Waals surface area contributed by atoms with Gasteiger partial charge < -0.3 is 9.47 Å². The van der Waals surface area contributed by atoms with Crippen molar-refractivity contribution in [1.29, 1.82) is 0 Å². The second kappa shape index (κ2) is 7.94. The largest absolute Gasteiger partial charge is 0.497 e. The molecule has 0 spiro atoms. The van der Waals surface area contributed by atoms with Gasteiger partial charge in [0, 0.05) is 6.08 Å². The summed E-state index contributed by atoms with van der Waals surface area (Å²) in [6, 6.07) is 13.7. The molecule has 0 atom stereocenters. The molecule has 0 aliphatic carbocycles. The number of ether oxygens (including phenoxy) is 2. The normalized spacial score (nSPS) is 11.5. The fourth-order valence-electron chi connectivity index (χ4n) is 2.10. The summed E-state index contributed by atoms with van der Waals surface area (Å²) in [5.41, 5.74) is 2.32. The fourth-order valence-corrected chi connectivity index (χ4v) is 2.10. The number of carbonyl (C=O) groups excluding carboxylic acids is 1. The van der Waals surface area contributed by atoms with Crippen LogP contribution < -0.4 is 4.74 Å². The number of allylic oxidation sites excluding steroid dienone is 2. The maximum Gasteiger partial charge on any atom is 0.330 e. The van der Waals surface area contributed by atoms with E-state index >= 15 is 0 Å². The predicted octanol–water partition coefficient (Wildman–Crippen LogP) is 4.00. The van der Waals surface area contributed by atoms with Crippen molar-refractivity contribution >= 4 is 11.5 Å². The van der Waals surface area contributed by atoms with Crippen LogP contribution in [0, 0.1) is 5.82 Å². The van der Waals surface area contributed by atoms with Crippen molar-refractivity contribution < 1.29 is 18.7 Å². The topological polar surface area (TPSA) is 35.5 Å². The highest BCUT2D eigenvalue weighted by Crippen LogP contribution is 2.27. The van der Waals surface area contributed by atoms with E-state index in [-0.39, 0.29) is 5.82 Å². The molecule has 118 valence electrons. The average Bonchev–Trinajstić information content (AvgIpc) is 2.58. The smallest absolute Gasteiger partial charge is 0.330 e. The summed E-state index contributed by atoms with van der Waals surface area (Å²) in [7, 11) is 2.90. The standard InChI is InChI=1S/C19H17FO3/c1-22-17-9-4-7-15(13-17)18(10-5-11-19(21)23-2)14-6-3-8-16(20)12-14/h3-13H,1-2H3/b11-5+,18-10+. The van der Waals surface area contributed by atoms with E-state index < -0.39 is 5.97 Å². The molecule has 0 saturated carbocycles. The van der Waals surface area contributed by atoms with Gasteiger partial charge in [-0.15, -0.1) is 0 Å². The summed E-state index contributed by atoms with van der Waals surface area (Å²) in [5.74, 6) is -0.0829. The van der Waals surface area contributed by atoms with Gasteiger partial charge in [0.15, 0.2) is 0 Å². The van der Waals surface area contributed by atoms with Gasteiger partial charge in [-0.1, -0.05) is 36.4 Å². The minimum Gasteiger partial charge on any atom is -0.497 e. The minimum atomic E-state index is -0.453. The highest BCUT2D eigenvalue weighted by molar-refractivity contribution is 5.85. The first-order chi connectivity index (χ1) is 11.1. The van der Waals surface area contributed by atoms with E-state index in [1.807, 2.05) is 24.3 Å². The molecule has 2 rings (SSSR count). The quantitative estimate of drug-likeness (QED) is 0.476. The fraction of sp³-hybridized carbons (Fsp3) is 0.105. The minimum absolute atomic E-state index is 0.326. The lowest BCUT2D eigenvalue weighted by atomic mass is 9.97. The van der Waals surface area contributed by atoms with Gasteiger partial charge >= 0.3 is 5.97 Å². The number of halogens is 1. The van der Waals surface area contributed by atoms with E-state index in [1.54, 1.807) is 31.4 Å². The molecule has 0 heterocycles. The molecule has 0 unspecified atom stereocenters. The molecule has 3 nitrogen and oxygen atoms in total. The third-order valence-corrected chi connectivity index (χ3v) is 3.21. The number of carbonyl (C=O) groups is 1. The summed E-state index contributed by atoms with van der Waals surface area (Å²) >= 11 is 0. The van der Waals surface area contributed by atoms with Crippen molar-refractivity contribution in [2.45, 2.75) is 0 Å². The Labute approximate surface area is 134 Å². The van der Waals surface area contributed by atoms with Crippen LogP contribution in [0.1, 0.15) is 11.1 Å². The van der Waals surface area contributed by atoms with Crippen molar-refractivity contribution in [1.82, 2.24) is 0 Å². The maximum atomic E-state index is 13.5. The van der Waals surface area contributed by atoms with Crippen LogP contribution in [0.3, 0.4) is 0 Å². The molecule has 0 N–H and O–H groups in total. The first kappa shape index (κ1) is 16.5. The van der Waals surface area contributed by atoms with Crippen LogP contribution in [0.15, 0.2) is 66.8 Å². The number of rotatable bonds is 5. The van der Waals surface area contributed by atoms with Gasteiger partial charge in [0.2, 0.25) is 0 Å². The van der Waals surface area contributed by atoms with Crippen LogP contribution in [0.25, 0.3) is 5.57 Å². The Balaban J connectivity index is 2.48. The van der Waals surface area contributed by atoms with Crippen molar-refractivity contribution in [2.24, 2.45) is 0 Å². The first-order valence-corrected chi connectivity index (χ1v) is 7.00. The van der Waals surface area contributed by atoms with Crippen molar-refractivity contribution in [3.63, 3.8) is 0 Å². The maximum absolute atomic E-state index is 13.5. The SMILES string of the molecule is COC(=O)/C=C/C=C(\c1cccc(F)c1)c1cccc(OC)c1. The van der Waals surface area contributed by atoms with E-state index in [1.165, 1.54) is 25.3 Å². The molecule has 23 heavy (non-hydrogen) atoms. The number of hydrogen-bond donors (Lipinski definition) is 0. The molecule has 0 bridgehead atoms. The molecular formula is C19H17FO3. The van der Waals surface area contributed by atoms with E-state index in [4.69, 9.17) is 4.74 Å². The Morgan fingerprint density at radius 3 is 2.39 bits per heavy atom. The van der Waals surface area contributed by atoms with Crippen LogP contribution in [0.5, 0.6) is 5.75 Å². The van der Waals surface area contributed by atoms with E-state index in [9.17, 15) is 9.18 Å². The Morgan fingerprint density at radius 1 is 1.04 bits per heavy atom. The molecule has 0 saturated heterocycles. The Hall–Kier alpha value is -2.88. The van der Waals surface area contributed by atoms with Gasteiger partial charge in [-0.2, -0.15) is 0 Å². The lowest BCUT2D eigenvalue weighted by Gasteiger charge is -2.09. The number of esters is 1. The first-order valence-electron chi connectivity index (χ1n) is 7.00. The zero-order valence-corrected chi connectivity index (χ0v) is 13.0. The van der Waals surface area contributed by atoms with Crippen LogP contribution in [-0.2, 0) is 9.53 Å². The highest BCUT2D eigenvalue weighted by atomic mass is 19.1. The average molecular weight is 312 g/mol. The summed E-state index contributed by atoms with van der Waals surface area (Å²) in [6.07, 6.45) is 4.62. The van der Waals surface area contributed by atoms with Crippen molar-refractivity contribution in [2.75, 3.05) is 14.2 Å². The molecule has 0 amide bonds. The molecule has 0 radical (unpaired) electrons. The lowest BCUT2D eigenvalue weighted by molar-refractivity contribution is -0.134. The van der Waals surface area contributed by atoms with Crippen LogP contribution in [-0.4, -0.2) is 20.2 Å². The molecule has 2 aromatic rings. The van der Waals surface area contributed by atoms with Crippen molar-refractivity contribution in [3.05, 3.63) is 83.7 Å². The molecular weight excluding hydrogens is 295 g/mol. The monoisotopic (exact) mass is 312 g/mol.